The van der Waals surface area contributed by atoms with E-state index < -0.39 is 12.1 Å². The smallest absolute Gasteiger partial charge is 0.245 e. The van der Waals surface area contributed by atoms with Gasteiger partial charge in [0.2, 0.25) is 5.91 Å². The van der Waals surface area contributed by atoms with Crippen LogP contribution in [0.15, 0.2) is 0 Å². The minimum atomic E-state index is -0.931. The second-order valence-corrected chi connectivity index (χ2v) is 2.11. The number of hydrogen-bond acceptors (Lipinski definition) is 3. The summed E-state index contributed by atoms with van der Waals surface area (Å²) in [6.07, 6.45) is 0. The maximum Gasteiger partial charge on any atom is 0.245 e. The van der Waals surface area contributed by atoms with Crippen LogP contribution in [-0.4, -0.2) is 23.8 Å². The van der Waals surface area contributed by atoms with Crippen molar-refractivity contribution in [2.75, 3.05) is 0 Å². The maximum atomic E-state index is 10.7. The number of rotatable bonds is 0. The molecule has 0 spiro atoms. The van der Waals surface area contributed by atoms with Gasteiger partial charge in [-0.2, -0.15) is 0 Å². The van der Waals surface area contributed by atoms with Crippen molar-refractivity contribution >= 4 is 11.7 Å². The lowest BCUT2D eigenvalue weighted by molar-refractivity contribution is -0.124. The third-order valence-corrected chi connectivity index (χ3v) is 1.37. The largest absolute Gasteiger partial charge is 0.345 e. The molecule has 4 nitrogen and oxygen atoms in total. The standard InChI is InChI=1S/C5H8N2O2/c1-2-4(8)3(6)5(9)7-2/h2-3H,6H2,1H3,(H,7,9)/t2-,3-/m1/s1. The molecule has 1 saturated heterocycles. The van der Waals surface area contributed by atoms with Crippen molar-refractivity contribution in [1.29, 1.82) is 0 Å². The number of carbonyl (C=O) groups is 2. The van der Waals surface area contributed by atoms with Gasteiger partial charge in [0.05, 0.1) is 6.04 Å². The first-order valence-corrected chi connectivity index (χ1v) is 2.72. The summed E-state index contributed by atoms with van der Waals surface area (Å²) in [5, 5.41) is 2.40. The Morgan fingerprint density at radius 2 is 2.11 bits per heavy atom. The molecular weight excluding hydrogens is 120 g/mol. The highest BCUT2D eigenvalue weighted by Crippen LogP contribution is 1.98. The quantitative estimate of drug-likeness (QED) is 0.386. The summed E-state index contributed by atoms with van der Waals surface area (Å²) in [5.74, 6) is -0.590. The van der Waals surface area contributed by atoms with E-state index in [9.17, 15) is 9.59 Å². The van der Waals surface area contributed by atoms with Crippen molar-refractivity contribution in [1.82, 2.24) is 5.32 Å². The van der Waals surface area contributed by atoms with Crippen LogP contribution in [0.1, 0.15) is 6.92 Å². The molecule has 0 radical (unpaired) electrons. The Bertz CT molecular complexity index is 166. The third kappa shape index (κ3) is 0.810. The SMILES string of the molecule is C[C@H]1NC(=O)[C@H](N)C1=O. The topological polar surface area (TPSA) is 72.2 Å². The molecule has 0 saturated carbocycles. The molecule has 50 valence electrons. The molecule has 0 aromatic carbocycles. The zero-order valence-electron chi connectivity index (χ0n) is 5.05. The predicted octanol–water partition coefficient (Wildman–Crippen LogP) is -1.60. The number of amides is 1. The van der Waals surface area contributed by atoms with Crippen LogP contribution in [0.5, 0.6) is 0 Å². The van der Waals surface area contributed by atoms with Crippen LogP contribution < -0.4 is 11.1 Å². The van der Waals surface area contributed by atoms with Gasteiger partial charge in [-0.25, -0.2) is 0 Å². The molecule has 1 aliphatic rings. The molecule has 2 atom stereocenters. The van der Waals surface area contributed by atoms with Crippen molar-refractivity contribution in [3.8, 4) is 0 Å². The lowest BCUT2D eigenvalue weighted by Gasteiger charge is -1.94. The molecule has 0 bridgehead atoms. The van der Waals surface area contributed by atoms with Gasteiger partial charge in [-0.05, 0) is 6.92 Å². The average molecular weight is 128 g/mol. The van der Waals surface area contributed by atoms with E-state index in [-0.39, 0.29) is 11.7 Å². The van der Waals surface area contributed by atoms with Crippen LogP contribution in [0, 0.1) is 0 Å². The van der Waals surface area contributed by atoms with E-state index in [1.54, 1.807) is 6.92 Å². The molecule has 4 heteroatoms. The van der Waals surface area contributed by atoms with E-state index in [1.807, 2.05) is 0 Å². The number of Topliss-reactive ketones (excluding diaryl/α,β-unsaturated/α-hetero) is 1. The van der Waals surface area contributed by atoms with Gasteiger partial charge in [-0.1, -0.05) is 0 Å². The molecule has 1 amide bonds. The van der Waals surface area contributed by atoms with Gasteiger partial charge in [0.25, 0.3) is 0 Å². The number of nitrogens with one attached hydrogen (secondary N) is 1. The summed E-state index contributed by atoms with van der Waals surface area (Å²) in [6, 6.07) is -1.33. The fourth-order valence-electron chi connectivity index (χ4n) is 0.773. The summed E-state index contributed by atoms with van der Waals surface area (Å²) in [5.41, 5.74) is 5.15. The van der Waals surface area contributed by atoms with E-state index in [0.717, 1.165) is 0 Å². The first kappa shape index (κ1) is 6.22. The van der Waals surface area contributed by atoms with Crippen molar-refractivity contribution < 1.29 is 9.59 Å². The fraction of sp³-hybridized carbons (Fsp3) is 0.600. The van der Waals surface area contributed by atoms with E-state index in [1.165, 1.54) is 0 Å². The van der Waals surface area contributed by atoms with Gasteiger partial charge in [-0.3, -0.25) is 9.59 Å². The van der Waals surface area contributed by atoms with Gasteiger partial charge in [0.15, 0.2) is 5.78 Å². The molecule has 3 N–H and O–H groups in total. The van der Waals surface area contributed by atoms with Gasteiger partial charge in [0.1, 0.15) is 6.04 Å². The summed E-state index contributed by atoms with van der Waals surface area (Å²) in [4.78, 5) is 21.2. The highest BCUT2D eigenvalue weighted by Gasteiger charge is 2.34. The zero-order valence-corrected chi connectivity index (χ0v) is 5.05. The normalized spacial score (nSPS) is 34.9. The summed E-state index contributed by atoms with van der Waals surface area (Å²) in [7, 11) is 0. The van der Waals surface area contributed by atoms with E-state index in [4.69, 9.17) is 5.73 Å². The van der Waals surface area contributed by atoms with E-state index in [0.29, 0.717) is 0 Å². The molecule has 9 heavy (non-hydrogen) atoms. The first-order chi connectivity index (χ1) is 4.13. The molecule has 1 fully saturated rings. The van der Waals surface area contributed by atoms with Crippen molar-refractivity contribution in [3.05, 3.63) is 0 Å². The van der Waals surface area contributed by atoms with Gasteiger partial charge in [-0.15, -0.1) is 0 Å². The summed E-state index contributed by atoms with van der Waals surface area (Å²) in [6.45, 7) is 1.62. The van der Waals surface area contributed by atoms with Crippen LogP contribution in [0.2, 0.25) is 0 Å². The minimum absolute atomic E-state index is 0.222. The van der Waals surface area contributed by atoms with E-state index in [2.05, 4.69) is 5.32 Å². The zero-order chi connectivity index (χ0) is 7.02. The number of carbonyl (C=O) groups excluding carboxylic acids is 2. The fourth-order valence-corrected chi connectivity index (χ4v) is 0.773. The molecule has 0 aromatic heterocycles. The Balaban J connectivity index is 2.77. The first-order valence-electron chi connectivity index (χ1n) is 2.72. The molecule has 0 aromatic rings. The van der Waals surface area contributed by atoms with E-state index >= 15 is 0 Å². The van der Waals surface area contributed by atoms with Gasteiger partial charge < -0.3 is 11.1 Å². The Hall–Kier alpha value is -0.900. The molecular formula is C5H8N2O2. The maximum absolute atomic E-state index is 10.7. The van der Waals surface area contributed by atoms with Crippen LogP contribution >= 0.6 is 0 Å². The lowest BCUT2D eigenvalue weighted by atomic mass is 10.2. The Morgan fingerprint density at radius 3 is 2.22 bits per heavy atom. The molecule has 1 aliphatic heterocycles. The minimum Gasteiger partial charge on any atom is -0.345 e. The van der Waals surface area contributed by atoms with Crippen LogP contribution in [0.25, 0.3) is 0 Å². The average Bonchev–Trinajstić information content (AvgIpc) is 1.98. The van der Waals surface area contributed by atoms with Crippen molar-refractivity contribution in [3.63, 3.8) is 0 Å². The van der Waals surface area contributed by atoms with Gasteiger partial charge in [0, 0.05) is 0 Å². The van der Waals surface area contributed by atoms with Crippen LogP contribution in [0.3, 0.4) is 0 Å². The van der Waals surface area contributed by atoms with Crippen molar-refractivity contribution in [2.24, 2.45) is 5.73 Å². The Kier molecular flexibility index (Phi) is 1.25. The summed E-state index contributed by atoms with van der Waals surface area (Å²) < 4.78 is 0. The third-order valence-electron chi connectivity index (χ3n) is 1.37. The van der Waals surface area contributed by atoms with Crippen molar-refractivity contribution in [2.45, 2.75) is 19.0 Å². The Morgan fingerprint density at radius 1 is 1.56 bits per heavy atom. The monoisotopic (exact) mass is 128 g/mol. The summed E-state index contributed by atoms with van der Waals surface area (Å²) >= 11 is 0. The molecule has 0 aliphatic carbocycles. The second-order valence-electron chi connectivity index (χ2n) is 2.11. The van der Waals surface area contributed by atoms with Crippen LogP contribution in [-0.2, 0) is 9.59 Å². The predicted molar refractivity (Wildman–Crippen MR) is 30.6 cm³/mol. The second kappa shape index (κ2) is 1.80. The molecule has 1 heterocycles. The number of ketones is 1. The molecule has 0 unspecified atom stereocenters. The molecule has 1 rings (SSSR count). The number of hydrogen-bond donors (Lipinski definition) is 2. The lowest BCUT2D eigenvalue weighted by Crippen LogP contribution is -2.34. The highest BCUT2D eigenvalue weighted by atomic mass is 16.2. The highest BCUT2D eigenvalue weighted by molar-refractivity contribution is 6.13. The Labute approximate surface area is 52.4 Å². The number of nitrogens with two attached hydrogens (primary N) is 1. The van der Waals surface area contributed by atoms with Gasteiger partial charge >= 0.3 is 0 Å². The van der Waals surface area contributed by atoms with Crippen LogP contribution in [0.4, 0.5) is 0 Å².